The molecule has 7 heteroatoms. The molecule has 0 bridgehead atoms. The minimum absolute atomic E-state index is 0.0213. The molecule has 1 aliphatic heterocycles. The number of ether oxygens (including phenoxy) is 2. The van der Waals surface area contributed by atoms with Gasteiger partial charge >= 0.3 is 12.0 Å². The number of hydrogen-bond donors (Lipinski definition) is 2. The number of likely N-dealkylation sites (N-methyl/N-ethyl adjacent to an activating group) is 1. The standard InChI is InChI=1S/C12H22N2O5/c1-8-10(4-5-19-8)14(2)12(17)13-7-9(18-3)6-11(15)16/h8-10H,4-7H2,1-3H3,(H,13,17)(H,15,16). The van der Waals surface area contributed by atoms with Crippen LogP contribution in [0.15, 0.2) is 0 Å². The summed E-state index contributed by atoms with van der Waals surface area (Å²) in [4.78, 5) is 24.1. The van der Waals surface area contributed by atoms with Gasteiger partial charge in [0.1, 0.15) is 0 Å². The Balaban J connectivity index is 2.39. The monoisotopic (exact) mass is 274 g/mol. The van der Waals surface area contributed by atoms with Crippen LogP contribution in [0.1, 0.15) is 19.8 Å². The summed E-state index contributed by atoms with van der Waals surface area (Å²) in [5, 5.41) is 11.4. The van der Waals surface area contributed by atoms with E-state index in [0.717, 1.165) is 6.42 Å². The van der Waals surface area contributed by atoms with Crippen molar-refractivity contribution in [2.45, 2.75) is 38.0 Å². The van der Waals surface area contributed by atoms with Crippen LogP contribution in [0.4, 0.5) is 4.79 Å². The van der Waals surface area contributed by atoms with Crippen LogP contribution in [0, 0.1) is 0 Å². The fourth-order valence-electron chi connectivity index (χ4n) is 2.14. The molecule has 2 N–H and O–H groups in total. The van der Waals surface area contributed by atoms with Gasteiger partial charge in [-0.15, -0.1) is 0 Å². The normalized spacial score (nSPS) is 23.9. The second-order valence-electron chi connectivity index (χ2n) is 4.68. The zero-order valence-electron chi connectivity index (χ0n) is 11.6. The van der Waals surface area contributed by atoms with E-state index in [4.69, 9.17) is 14.6 Å². The third-order valence-electron chi connectivity index (χ3n) is 3.37. The first-order valence-corrected chi connectivity index (χ1v) is 6.32. The van der Waals surface area contributed by atoms with Gasteiger partial charge in [-0.05, 0) is 13.3 Å². The van der Waals surface area contributed by atoms with Gasteiger partial charge in [-0.25, -0.2) is 4.79 Å². The van der Waals surface area contributed by atoms with Crippen LogP contribution in [-0.2, 0) is 14.3 Å². The highest BCUT2D eigenvalue weighted by Gasteiger charge is 2.30. The summed E-state index contributed by atoms with van der Waals surface area (Å²) in [6.07, 6.45) is 0.178. The number of nitrogens with zero attached hydrogens (tertiary/aromatic N) is 1. The van der Waals surface area contributed by atoms with Gasteiger partial charge in [0, 0.05) is 27.3 Å². The van der Waals surface area contributed by atoms with Crippen molar-refractivity contribution in [3.05, 3.63) is 0 Å². The Bertz CT molecular complexity index is 323. The van der Waals surface area contributed by atoms with Crippen LogP contribution in [0.25, 0.3) is 0 Å². The van der Waals surface area contributed by atoms with Crippen molar-refractivity contribution in [2.75, 3.05) is 27.3 Å². The number of hydrogen-bond acceptors (Lipinski definition) is 4. The van der Waals surface area contributed by atoms with E-state index < -0.39 is 12.1 Å². The van der Waals surface area contributed by atoms with E-state index >= 15 is 0 Å². The van der Waals surface area contributed by atoms with Gasteiger partial charge in [0.05, 0.1) is 24.7 Å². The molecular formula is C12H22N2O5. The molecular weight excluding hydrogens is 252 g/mol. The molecule has 2 amide bonds. The molecule has 0 aliphatic carbocycles. The average Bonchev–Trinajstić information content (AvgIpc) is 2.78. The van der Waals surface area contributed by atoms with E-state index in [1.165, 1.54) is 7.11 Å². The Kier molecular flexibility index (Phi) is 6.04. The Labute approximate surface area is 112 Å². The minimum atomic E-state index is -0.952. The summed E-state index contributed by atoms with van der Waals surface area (Å²) in [5.41, 5.74) is 0. The fraction of sp³-hybridized carbons (Fsp3) is 0.833. The lowest BCUT2D eigenvalue weighted by atomic mass is 10.1. The van der Waals surface area contributed by atoms with Crippen molar-refractivity contribution < 1.29 is 24.2 Å². The van der Waals surface area contributed by atoms with Crippen LogP contribution in [0.3, 0.4) is 0 Å². The number of urea groups is 1. The highest BCUT2D eigenvalue weighted by atomic mass is 16.5. The first-order valence-electron chi connectivity index (χ1n) is 6.32. The molecule has 0 radical (unpaired) electrons. The number of carbonyl (C=O) groups is 2. The Morgan fingerprint density at radius 2 is 2.26 bits per heavy atom. The zero-order valence-corrected chi connectivity index (χ0v) is 11.6. The first-order chi connectivity index (χ1) is 8.95. The van der Waals surface area contributed by atoms with Crippen LogP contribution in [-0.4, -0.2) is 67.6 Å². The largest absolute Gasteiger partial charge is 0.481 e. The Morgan fingerprint density at radius 1 is 1.58 bits per heavy atom. The molecule has 0 aromatic rings. The highest BCUT2D eigenvalue weighted by molar-refractivity contribution is 5.74. The molecule has 110 valence electrons. The SMILES string of the molecule is COC(CNC(=O)N(C)C1CCOC1C)CC(=O)O. The number of carbonyl (C=O) groups excluding carboxylic acids is 1. The quantitative estimate of drug-likeness (QED) is 0.727. The molecule has 0 spiro atoms. The smallest absolute Gasteiger partial charge is 0.317 e. The van der Waals surface area contributed by atoms with Crippen molar-refractivity contribution in [1.29, 1.82) is 0 Å². The van der Waals surface area contributed by atoms with Gasteiger partial charge < -0.3 is 24.8 Å². The molecule has 0 aromatic carbocycles. The van der Waals surface area contributed by atoms with Gasteiger partial charge in [0.2, 0.25) is 0 Å². The molecule has 3 unspecified atom stereocenters. The predicted octanol–water partition coefficient (Wildman–Crippen LogP) is 0.295. The lowest BCUT2D eigenvalue weighted by Crippen LogP contribution is -2.48. The van der Waals surface area contributed by atoms with Gasteiger partial charge in [-0.1, -0.05) is 0 Å². The summed E-state index contributed by atoms with van der Waals surface area (Å²) in [5.74, 6) is -0.952. The van der Waals surface area contributed by atoms with E-state index in [-0.39, 0.29) is 31.1 Å². The first kappa shape index (κ1) is 15.7. The molecule has 1 rings (SSSR count). The van der Waals surface area contributed by atoms with Crippen LogP contribution >= 0.6 is 0 Å². The average molecular weight is 274 g/mol. The molecule has 1 saturated heterocycles. The fourth-order valence-corrected chi connectivity index (χ4v) is 2.14. The van der Waals surface area contributed by atoms with Crippen LogP contribution < -0.4 is 5.32 Å². The molecule has 1 heterocycles. The van der Waals surface area contributed by atoms with Gasteiger partial charge in [0.15, 0.2) is 0 Å². The maximum Gasteiger partial charge on any atom is 0.317 e. The lowest BCUT2D eigenvalue weighted by Gasteiger charge is -2.27. The maximum atomic E-state index is 11.9. The number of methoxy groups -OCH3 is 1. The van der Waals surface area contributed by atoms with Crippen molar-refractivity contribution in [2.24, 2.45) is 0 Å². The Hall–Kier alpha value is -1.34. The molecule has 7 nitrogen and oxygen atoms in total. The number of carboxylic acid groups (broad SMARTS) is 1. The van der Waals surface area contributed by atoms with E-state index in [9.17, 15) is 9.59 Å². The summed E-state index contributed by atoms with van der Waals surface area (Å²) in [6.45, 7) is 2.76. The van der Waals surface area contributed by atoms with Crippen molar-refractivity contribution >= 4 is 12.0 Å². The molecule has 19 heavy (non-hydrogen) atoms. The van der Waals surface area contributed by atoms with Gasteiger partial charge in [-0.3, -0.25) is 4.79 Å². The molecule has 3 atom stereocenters. The number of aliphatic carboxylic acids is 1. The van der Waals surface area contributed by atoms with Gasteiger partial charge in [-0.2, -0.15) is 0 Å². The van der Waals surface area contributed by atoms with E-state index in [1.807, 2.05) is 6.92 Å². The number of amides is 2. The van der Waals surface area contributed by atoms with Crippen molar-refractivity contribution in [3.8, 4) is 0 Å². The number of nitrogens with one attached hydrogen (secondary N) is 1. The van der Waals surface area contributed by atoms with Crippen LogP contribution in [0.5, 0.6) is 0 Å². The summed E-state index contributed by atoms with van der Waals surface area (Å²) in [6, 6.07) is -0.185. The Morgan fingerprint density at radius 3 is 2.74 bits per heavy atom. The number of carboxylic acids is 1. The summed E-state index contributed by atoms with van der Waals surface area (Å²) in [7, 11) is 3.14. The summed E-state index contributed by atoms with van der Waals surface area (Å²) < 4.78 is 10.4. The van der Waals surface area contributed by atoms with Gasteiger partial charge in [0.25, 0.3) is 0 Å². The van der Waals surface area contributed by atoms with Crippen LogP contribution in [0.2, 0.25) is 0 Å². The topological polar surface area (TPSA) is 88.1 Å². The number of rotatable bonds is 6. The molecule has 0 aromatic heterocycles. The zero-order chi connectivity index (χ0) is 14.4. The third-order valence-corrected chi connectivity index (χ3v) is 3.37. The maximum absolute atomic E-state index is 11.9. The molecule has 0 saturated carbocycles. The lowest BCUT2D eigenvalue weighted by molar-refractivity contribution is -0.139. The second kappa shape index (κ2) is 7.30. The van der Waals surface area contributed by atoms with Crippen molar-refractivity contribution in [3.63, 3.8) is 0 Å². The predicted molar refractivity (Wildman–Crippen MR) is 68.0 cm³/mol. The minimum Gasteiger partial charge on any atom is -0.481 e. The highest BCUT2D eigenvalue weighted by Crippen LogP contribution is 2.18. The second-order valence-corrected chi connectivity index (χ2v) is 4.68. The van der Waals surface area contributed by atoms with E-state index in [0.29, 0.717) is 6.61 Å². The third kappa shape index (κ3) is 4.68. The molecule has 1 aliphatic rings. The van der Waals surface area contributed by atoms with E-state index in [2.05, 4.69) is 5.32 Å². The van der Waals surface area contributed by atoms with Crippen molar-refractivity contribution in [1.82, 2.24) is 10.2 Å². The molecule has 1 fully saturated rings. The summed E-state index contributed by atoms with van der Waals surface area (Å²) >= 11 is 0. The van der Waals surface area contributed by atoms with E-state index in [1.54, 1.807) is 11.9 Å².